The number of nitrogens with zero attached hydrogens (tertiary/aromatic N) is 1. The largest absolute Gasteiger partial charge is 0.539 e. The molecule has 0 aromatic heterocycles. The minimum Gasteiger partial charge on any atom is -0.393 e. The van der Waals surface area contributed by atoms with Gasteiger partial charge >= 0.3 is 6.16 Å². The molecule has 0 fully saturated rings. The molecule has 0 spiro atoms. The quantitative estimate of drug-likeness (QED) is 0.453. The van der Waals surface area contributed by atoms with Crippen LogP contribution in [-0.4, -0.2) is 12.7 Å². The van der Waals surface area contributed by atoms with E-state index < -0.39 is 6.16 Å². The van der Waals surface area contributed by atoms with E-state index in [2.05, 4.69) is 13.8 Å². The molecule has 0 heterocycles. The van der Waals surface area contributed by atoms with Gasteiger partial charge in [-0.2, -0.15) is 0 Å². The van der Waals surface area contributed by atoms with Gasteiger partial charge in [-0.25, -0.2) is 9.86 Å². The van der Waals surface area contributed by atoms with Crippen LogP contribution < -0.4 is 9.80 Å². The Kier molecular flexibility index (Phi) is 5.42. The summed E-state index contributed by atoms with van der Waals surface area (Å²) in [4.78, 5) is 17.3. The van der Waals surface area contributed by atoms with E-state index in [1.807, 2.05) is 37.3 Å². The minimum atomic E-state index is -0.744. The van der Waals surface area contributed by atoms with Crippen LogP contribution in [0.15, 0.2) is 54.6 Å². The lowest BCUT2D eigenvalue weighted by atomic mass is 10.0. The van der Waals surface area contributed by atoms with Gasteiger partial charge in [0.2, 0.25) is 0 Å². The highest BCUT2D eigenvalue weighted by Gasteiger charge is 2.17. The zero-order valence-electron chi connectivity index (χ0n) is 13.2. The first-order valence-electron chi connectivity index (χ1n) is 7.43. The third-order valence-electron chi connectivity index (χ3n) is 3.24. The van der Waals surface area contributed by atoms with Gasteiger partial charge in [0.1, 0.15) is 5.75 Å². The summed E-state index contributed by atoms with van der Waals surface area (Å²) >= 11 is 0. The Morgan fingerprint density at radius 1 is 1.05 bits per heavy atom. The fraction of sp³-hybridized carbons (Fsp3) is 0.278. The molecular formula is C18H21NO3. The Morgan fingerprint density at radius 2 is 1.68 bits per heavy atom. The van der Waals surface area contributed by atoms with Crippen LogP contribution in [0.2, 0.25) is 0 Å². The van der Waals surface area contributed by atoms with Crippen LogP contribution in [0, 0.1) is 0 Å². The lowest BCUT2D eigenvalue weighted by molar-refractivity contribution is 0.0884. The zero-order valence-corrected chi connectivity index (χ0v) is 13.2. The van der Waals surface area contributed by atoms with E-state index in [0.717, 1.165) is 11.3 Å². The van der Waals surface area contributed by atoms with Crippen molar-refractivity contribution in [2.45, 2.75) is 26.7 Å². The molecule has 2 aromatic carbocycles. The normalized spacial score (nSPS) is 10.4. The molecule has 0 N–H and O–H groups in total. The van der Waals surface area contributed by atoms with E-state index in [-0.39, 0.29) is 0 Å². The van der Waals surface area contributed by atoms with Gasteiger partial charge in [-0.05, 0) is 36.6 Å². The molecule has 0 aliphatic rings. The maximum Gasteiger partial charge on any atom is 0.539 e. The van der Waals surface area contributed by atoms with E-state index in [9.17, 15) is 4.79 Å². The van der Waals surface area contributed by atoms with E-state index in [1.54, 1.807) is 29.3 Å². The molecule has 0 aliphatic heterocycles. The summed E-state index contributed by atoms with van der Waals surface area (Å²) < 4.78 is 5.17. The maximum absolute atomic E-state index is 12.0. The van der Waals surface area contributed by atoms with Crippen molar-refractivity contribution >= 4 is 11.8 Å². The van der Waals surface area contributed by atoms with Crippen LogP contribution >= 0.6 is 0 Å². The highest BCUT2D eigenvalue weighted by atomic mass is 16.8. The molecule has 2 aromatic rings. The molecule has 4 nitrogen and oxygen atoms in total. The number of hydrogen-bond acceptors (Lipinski definition) is 4. The Bertz CT molecular complexity index is 611. The molecule has 0 amide bonds. The monoisotopic (exact) mass is 299 g/mol. The number of carbonyl (C=O) groups is 1. The average molecular weight is 299 g/mol. The number of carbonyl (C=O) groups excluding carboxylic acids is 1. The van der Waals surface area contributed by atoms with Crippen LogP contribution in [0.5, 0.6) is 5.75 Å². The molecule has 4 heteroatoms. The SMILES string of the molecule is CCN(OC(=O)Oc1ccccc1)c1ccccc1C(C)C. The molecule has 116 valence electrons. The summed E-state index contributed by atoms with van der Waals surface area (Å²) in [5.41, 5.74) is 2.00. The van der Waals surface area contributed by atoms with Crippen molar-refractivity contribution in [2.24, 2.45) is 0 Å². The van der Waals surface area contributed by atoms with Crippen LogP contribution in [-0.2, 0) is 4.84 Å². The minimum absolute atomic E-state index is 0.332. The number of rotatable bonds is 5. The van der Waals surface area contributed by atoms with Crippen molar-refractivity contribution in [3.63, 3.8) is 0 Å². The fourth-order valence-electron chi connectivity index (χ4n) is 2.18. The summed E-state index contributed by atoms with van der Waals surface area (Å²) in [6, 6.07) is 16.8. The molecule has 22 heavy (non-hydrogen) atoms. The highest BCUT2D eigenvalue weighted by Crippen LogP contribution is 2.27. The summed E-state index contributed by atoms with van der Waals surface area (Å²) in [6.45, 7) is 6.67. The average Bonchev–Trinajstić information content (AvgIpc) is 2.53. The first-order valence-corrected chi connectivity index (χ1v) is 7.43. The number of hydrogen-bond donors (Lipinski definition) is 0. The van der Waals surface area contributed by atoms with Crippen molar-refractivity contribution in [1.29, 1.82) is 0 Å². The second-order valence-electron chi connectivity index (χ2n) is 5.16. The number of anilines is 1. The van der Waals surface area contributed by atoms with Crippen LogP contribution in [0.4, 0.5) is 10.5 Å². The van der Waals surface area contributed by atoms with Gasteiger partial charge in [-0.3, -0.25) is 0 Å². The predicted octanol–water partition coefficient (Wildman–Crippen LogP) is 4.77. The summed E-state index contributed by atoms with van der Waals surface area (Å²) in [5, 5.41) is 1.56. The van der Waals surface area contributed by atoms with Crippen LogP contribution in [0.3, 0.4) is 0 Å². The molecule has 0 saturated carbocycles. The second-order valence-corrected chi connectivity index (χ2v) is 5.16. The van der Waals surface area contributed by atoms with Crippen LogP contribution in [0.1, 0.15) is 32.3 Å². The summed E-state index contributed by atoms with van der Waals surface area (Å²) in [7, 11) is 0. The molecule has 0 saturated heterocycles. The lowest BCUT2D eigenvalue weighted by Crippen LogP contribution is -2.29. The topological polar surface area (TPSA) is 38.8 Å². The Morgan fingerprint density at radius 3 is 2.32 bits per heavy atom. The second kappa shape index (κ2) is 7.50. The summed E-state index contributed by atoms with van der Waals surface area (Å²) in [6.07, 6.45) is -0.744. The number of para-hydroxylation sites is 2. The Labute approximate surface area is 131 Å². The van der Waals surface area contributed by atoms with Gasteiger partial charge in [-0.1, -0.05) is 50.2 Å². The Hall–Kier alpha value is -2.49. The number of ether oxygens (including phenoxy) is 1. The molecule has 0 atom stereocenters. The smallest absolute Gasteiger partial charge is 0.393 e. The summed E-state index contributed by atoms with van der Waals surface area (Å²) in [5.74, 6) is 0.791. The number of hydroxylamine groups is 1. The maximum atomic E-state index is 12.0. The highest BCUT2D eigenvalue weighted by molar-refractivity contribution is 5.66. The van der Waals surface area contributed by atoms with E-state index in [1.165, 1.54) is 0 Å². The third-order valence-corrected chi connectivity index (χ3v) is 3.24. The van der Waals surface area contributed by atoms with Crippen molar-refractivity contribution < 1.29 is 14.4 Å². The van der Waals surface area contributed by atoms with Crippen LogP contribution in [0.25, 0.3) is 0 Å². The fourth-order valence-corrected chi connectivity index (χ4v) is 2.18. The lowest BCUT2D eigenvalue weighted by Gasteiger charge is -2.24. The van der Waals surface area contributed by atoms with Gasteiger partial charge in [0, 0.05) is 0 Å². The first-order chi connectivity index (χ1) is 10.6. The molecular weight excluding hydrogens is 278 g/mol. The van der Waals surface area contributed by atoms with Crippen molar-refractivity contribution in [2.75, 3.05) is 11.6 Å². The zero-order chi connectivity index (χ0) is 15.9. The van der Waals surface area contributed by atoms with Crippen molar-refractivity contribution in [3.8, 4) is 5.75 Å². The third kappa shape index (κ3) is 4.01. The van der Waals surface area contributed by atoms with Gasteiger partial charge in [0.15, 0.2) is 0 Å². The van der Waals surface area contributed by atoms with Gasteiger partial charge in [0.05, 0.1) is 12.2 Å². The molecule has 0 unspecified atom stereocenters. The van der Waals surface area contributed by atoms with Gasteiger partial charge in [-0.15, -0.1) is 0 Å². The Balaban J connectivity index is 2.11. The molecule has 2 rings (SSSR count). The standard InChI is InChI=1S/C18H21NO3/c1-4-19(17-13-9-8-12-16(17)14(2)3)22-18(20)21-15-10-6-5-7-11-15/h5-14H,4H2,1-3H3. The van der Waals surface area contributed by atoms with Gasteiger partial charge < -0.3 is 9.57 Å². The first kappa shape index (κ1) is 15.9. The van der Waals surface area contributed by atoms with Crippen molar-refractivity contribution in [1.82, 2.24) is 0 Å². The van der Waals surface area contributed by atoms with Gasteiger partial charge in [0.25, 0.3) is 0 Å². The van der Waals surface area contributed by atoms with E-state index in [0.29, 0.717) is 18.2 Å². The number of benzene rings is 2. The molecule has 0 radical (unpaired) electrons. The predicted molar refractivity (Wildman–Crippen MR) is 87.1 cm³/mol. The molecule has 0 aliphatic carbocycles. The molecule has 0 bridgehead atoms. The van der Waals surface area contributed by atoms with E-state index in [4.69, 9.17) is 9.57 Å². The van der Waals surface area contributed by atoms with Crippen molar-refractivity contribution in [3.05, 3.63) is 60.2 Å². The van der Waals surface area contributed by atoms with E-state index >= 15 is 0 Å².